The molecule has 10 rings (SSSR count). The van der Waals surface area contributed by atoms with Gasteiger partial charge in [-0.3, -0.25) is 24.2 Å². The van der Waals surface area contributed by atoms with Crippen LogP contribution >= 0.6 is 23.2 Å². The number of hydrogen-bond donors (Lipinski definition) is 4. The Labute approximate surface area is 552 Å². The summed E-state index contributed by atoms with van der Waals surface area (Å²) >= 11 is 13.0. The van der Waals surface area contributed by atoms with Crippen molar-refractivity contribution in [2.75, 3.05) is 77.7 Å². The summed E-state index contributed by atoms with van der Waals surface area (Å²) < 4.78 is 70.4. The minimum atomic E-state index is -3.92. The van der Waals surface area contributed by atoms with Crippen molar-refractivity contribution in [2.45, 2.75) is 163 Å². The second-order valence-corrected chi connectivity index (χ2v) is 30.6. The van der Waals surface area contributed by atoms with Gasteiger partial charge in [-0.05, 0) is 191 Å². The molecule has 4 aliphatic heterocycles. The number of nitrogens with one attached hydrogen (secondary N) is 4. The van der Waals surface area contributed by atoms with Gasteiger partial charge in [0.25, 0.3) is 0 Å². The number of sulfonamides is 1. The van der Waals surface area contributed by atoms with Crippen LogP contribution in [0.1, 0.15) is 144 Å². The molecule has 92 heavy (non-hydrogen) atoms. The van der Waals surface area contributed by atoms with Crippen molar-refractivity contribution in [1.82, 2.24) is 40.3 Å². The van der Waals surface area contributed by atoms with Gasteiger partial charge in [-0.2, -0.15) is 5.26 Å². The van der Waals surface area contributed by atoms with Crippen molar-refractivity contribution in [2.24, 2.45) is 11.8 Å². The fourth-order valence-electron chi connectivity index (χ4n) is 14.3. The highest BCUT2D eigenvalue weighted by molar-refractivity contribution is 7.91. The van der Waals surface area contributed by atoms with Gasteiger partial charge in [0, 0.05) is 113 Å². The monoisotopic (exact) mass is 1340 g/mol. The number of fused-ring (bicyclic) bond motifs is 2. The zero-order valence-corrected chi connectivity index (χ0v) is 55.8. The van der Waals surface area contributed by atoms with Crippen molar-refractivity contribution >= 4 is 72.4 Å². The van der Waals surface area contributed by atoms with E-state index in [0.29, 0.717) is 148 Å². The van der Waals surface area contributed by atoms with Gasteiger partial charge in [0.2, 0.25) is 21.8 Å². The van der Waals surface area contributed by atoms with Crippen molar-refractivity contribution in [3.8, 4) is 17.6 Å². The standard InChI is InChI=1S/C68H86Cl2N10O10S2/c1-45-11-10-29-77(40-45)63-38-58-60(35-50(70)36-61(58)72-3)67(63)90-53-16-20-55(21-17-53)91(85,86)44-47-24-30-79(42-47)64(82)14-7-6-13-52(81)12-5-4-8-26-74-68(84)75-27-9-15-65(83)80-31-25-51(43-80)76-92(87,88)56-22-18-54(19-23-56)89-66-59-34-49(69)33-48(39-71)57(59)37-62(66)78-32-28-73-46(2)41-78/h16-23,33-36,45-47,51,62-63,66-67,73,76H,4-15,24-32,37-38,40-44H2,1-2H3,(H2,74,75,84)/t45-,46+,47+,51+,62-,63-,66-,67-/m0/s1. The molecule has 0 bridgehead atoms. The third-order valence-electron chi connectivity index (χ3n) is 19.0. The van der Waals surface area contributed by atoms with Crippen molar-refractivity contribution in [1.29, 1.82) is 5.26 Å². The smallest absolute Gasteiger partial charge is 0.314 e. The zero-order valence-electron chi connectivity index (χ0n) is 52.7. The Morgan fingerprint density at radius 3 is 1.92 bits per heavy atom. The van der Waals surface area contributed by atoms with Crippen LogP contribution in [0.4, 0.5) is 10.5 Å². The summed E-state index contributed by atoms with van der Waals surface area (Å²) in [6.45, 7) is 18.8. The highest BCUT2D eigenvalue weighted by Crippen LogP contribution is 2.46. The SMILES string of the molecule is [C-]#[N+]c1cc(Cl)cc2c1C[C@H](N1CCC[C@H](C)C1)[C@H]2Oc1ccc(S(=O)(=O)C[C@@H]2CCN(C(=O)CCCCC(=O)CCCCCNC(=O)NCCCC(=O)N3CC[C@@H](NS(=O)(=O)c4ccc(O[C@H]5c6cc(Cl)cc(C#N)c6C[C@@H]5N5CCN[C@H](C)C5)cc4)C3)C2)cc1. The Kier molecular flexibility index (Phi) is 23.3. The number of amides is 4. The first-order chi connectivity index (χ1) is 44.2. The number of hydrogen-bond acceptors (Lipinski definition) is 14. The molecule has 4 N–H and O–H groups in total. The van der Waals surface area contributed by atoms with E-state index in [0.717, 1.165) is 67.8 Å². The Bertz CT molecular complexity index is 3390. The van der Waals surface area contributed by atoms with Gasteiger partial charge in [-0.1, -0.05) is 36.5 Å². The fraction of sp³-hybridized carbons (Fsp3) is 0.559. The van der Waals surface area contributed by atoms with E-state index >= 15 is 0 Å². The minimum absolute atomic E-state index is 0.0258. The number of piperazine rings is 1. The number of ketones is 1. The van der Waals surface area contributed by atoms with Crippen LogP contribution in [0.5, 0.6) is 11.5 Å². The molecule has 6 aliphatic rings. The van der Waals surface area contributed by atoms with E-state index < -0.39 is 32.0 Å². The summed E-state index contributed by atoms with van der Waals surface area (Å²) in [5, 5.41) is 19.9. The van der Waals surface area contributed by atoms with Crippen LogP contribution in [-0.2, 0) is 47.1 Å². The molecular weight excluding hydrogens is 1250 g/mol. The van der Waals surface area contributed by atoms with Crippen LogP contribution in [0.15, 0.2) is 82.6 Å². The molecule has 4 heterocycles. The van der Waals surface area contributed by atoms with Crippen LogP contribution in [-0.4, -0.2) is 162 Å². The summed E-state index contributed by atoms with van der Waals surface area (Å²) in [5.74, 6) is 1.31. The molecule has 4 aromatic rings. The van der Waals surface area contributed by atoms with Gasteiger partial charge in [0.05, 0.1) is 45.8 Å². The molecule has 24 heteroatoms. The minimum Gasteiger partial charge on any atom is -0.484 e. The molecule has 2 aliphatic carbocycles. The maximum Gasteiger partial charge on any atom is 0.314 e. The van der Waals surface area contributed by atoms with E-state index in [4.69, 9.17) is 39.2 Å². The Morgan fingerprint density at radius 1 is 0.674 bits per heavy atom. The van der Waals surface area contributed by atoms with E-state index in [-0.39, 0.29) is 82.8 Å². The maximum absolute atomic E-state index is 13.7. The molecule has 4 saturated heterocycles. The molecule has 0 aromatic heterocycles. The van der Waals surface area contributed by atoms with Gasteiger partial charge in [0.15, 0.2) is 15.5 Å². The van der Waals surface area contributed by atoms with Gasteiger partial charge in [-0.15, -0.1) is 0 Å². The molecule has 8 atom stereocenters. The number of ether oxygens (including phenoxy) is 2. The molecule has 0 radical (unpaired) electrons. The number of halogens is 2. The number of urea groups is 1. The zero-order chi connectivity index (χ0) is 65.1. The lowest BCUT2D eigenvalue weighted by molar-refractivity contribution is -0.131. The predicted molar refractivity (Wildman–Crippen MR) is 352 cm³/mol. The Hall–Kier alpha value is -6.34. The van der Waals surface area contributed by atoms with E-state index in [1.807, 2.05) is 12.1 Å². The molecule has 494 valence electrons. The second kappa shape index (κ2) is 31.3. The number of sulfone groups is 1. The predicted octanol–water partition coefficient (Wildman–Crippen LogP) is 9.50. The van der Waals surface area contributed by atoms with Crippen LogP contribution in [0.2, 0.25) is 10.0 Å². The van der Waals surface area contributed by atoms with Crippen molar-refractivity contribution in [3.05, 3.63) is 122 Å². The van der Waals surface area contributed by atoms with Crippen molar-refractivity contribution in [3.63, 3.8) is 0 Å². The lowest BCUT2D eigenvalue weighted by Crippen LogP contribution is -2.54. The summed E-state index contributed by atoms with van der Waals surface area (Å²) in [6.07, 6.45) is 8.89. The van der Waals surface area contributed by atoms with Gasteiger partial charge < -0.3 is 35.2 Å². The summed E-state index contributed by atoms with van der Waals surface area (Å²) in [7, 11) is -7.58. The lowest BCUT2D eigenvalue weighted by atomic mass is 9.97. The van der Waals surface area contributed by atoms with Crippen molar-refractivity contribution < 1.29 is 45.5 Å². The highest BCUT2D eigenvalue weighted by Gasteiger charge is 2.43. The van der Waals surface area contributed by atoms with E-state index in [1.165, 1.54) is 18.6 Å². The number of nitriles is 1. The third kappa shape index (κ3) is 17.5. The molecule has 20 nitrogen and oxygen atoms in total. The normalized spacial score (nSPS) is 23.3. The van der Waals surface area contributed by atoms with E-state index in [1.54, 1.807) is 58.3 Å². The average Bonchev–Trinajstić information content (AvgIpc) is 1.62. The molecule has 4 amide bonds. The van der Waals surface area contributed by atoms with E-state index in [9.17, 15) is 41.3 Å². The number of benzene rings is 4. The Balaban J connectivity index is 0.552. The summed E-state index contributed by atoms with van der Waals surface area (Å²) in [5.41, 5.74) is 4.72. The number of carbonyl (C=O) groups is 4. The number of nitrogens with zero attached hydrogens (tertiary/aromatic N) is 6. The average molecular weight is 1340 g/mol. The Morgan fingerprint density at radius 2 is 1.26 bits per heavy atom. The van der Waals surface area contributed by atoms with Crippen LogP contribution < -0.4 is 30.1 Å². The summed E-state index contributed by atoms with van der Waals surface area (Å²) in [6, 6.07) is 21.8. The topological polar surface area (TPSA) is 244 Å². The first kappa shape index (κ1) is 68.5. The number of likely N-dealkylation sites (tertiary alicyclic amines) is 3. The summed E-state index contributed by atoms with van der Waals surface area (Å²) in [4.78, 5) is 63.6. The van der Waals surface area contributed by atoms with Gasteiger partial charge in [-0.25, -0.2) is 31.2 Å². The van der Waals surface area contributed by atoms with E-state index in [2.05, 4.69) is 55.2 Å². The number of piperidine rings is 1. The number of rotatable bonds is 27. The lowest BCUT2D eigenvalue weighted by Gasteiger charge is -2.38. The second-order valence-electron chi connectivity index (χ2n) is 26.0. The number of carbonyl (C=O) groups excluding carboxylic acids is 4. The molecule has 4 fully saturated rings. The van der Waals surface area contributed by atoms with Gasteiger partial charge in [0.1, 0.15) is 29.5 Å². The highest BCUT2D eigenvalue weighted by atomic mass is 35.5. The van der Waals surface area contributed by atoms with Crippen LogP contribution in [0, 0.1) is 29.7 Å². The number of unbranched alkanes of at least 4 members (excludes halogenated alkanes) is 3. The third-order valence-corrected chi connectivity index (χ3v) is 22.9. The molecule has 0 unspecified atom stereocenters. The first-order valence-corrected chi connectivity index (χ1v) is 36.6. The quantitative estimate of drug-likeness (QED) is 0.0321. The van der Waals surface area contributed by atoms with Crippen LogP contribution in [0.3, 0.4) is 0 Å². The maximum atomic E-state index is 13.7. The number of Topliss-reactive ketones (excluding diaryl/α,β-unsaturated/α-hetero) is 1. The molecule has 4 aromatic carbocycles. The molecule has 0 spiro atoms. The van der Waals surface area contributed by atoms with Crippen LogP contribution in [0.25, 0.3) is 4.85 Å². The molecular formula is C68H86Cl2N10O10S2. The largest absolute Gasteiger partial charge is 0.484 e. The first-order valence-electron chi connectivity index (χ1n) is 32.7. The van der Waals surface area contributed by atoms with Gasteiger partial charge >= 0.3 is 6.03 Å². The fourth-order valence-corrected chi connectivity index (χ4v) is 17.6. The molecule has 0 saturated carbocycles.